The van der Waals surface area contributed by atoms with Crippen LogP contribution in [0.1, 0.15) is 355 Å². The van der Waals surface area contributed by atoms with E-state index in [2.05, 4.69) is 81.5 Å². The Bertz CT molecular complexity index is 1380. The van der Waals surface area contributed by atoms with Crippen LogP contribution in [0.25, 0.3) is 0 Å². The predicted octanol–water partition coefficient (Wildman–Crippen LogP) is 23.1. The molecule has 1 atom stereocenters. The van der Waals surface area contributed by atoms with Gasteiger partial charge in [0.05, 0.1) is 0 Å². The maximum absolute atomic E-state index is 12.9. The molecule has 0 spiro atoms. The van der Waals surface area contributed by atoms with Gasteiger partial charge in [-0.2, -0.15) is 0 Å². The SMILES string of the molecule is CCCCC/C=C\C/C=C\CCCCCCCCCC(=O)OC(COC(=O)CCCCCCCCCCCCCCC)COC(=O)CCCCCCCCCCCCCCCC/C=C\C/C=C\C/C=C\CCCCCCC. The van der Waals surface area contributed by atoms with Crippen molar-refractivity contribution in [1.29, 1.82) is 0 Å². The van der Waals surface area contributed by atoms with Gasteiger partial charge in [0, 0.05) is 19.3 Å². The molecule has 0 amide bonds. The van der Waals surface area contributed by atoms with E-state index in [0.29, 0.717) is 19.3 Å². The Morgan fingerprint density at radius 2 is 0.468 bits per heavy atom. The summed E-state index contributed by atoms with van der Waals surface area (Å²) in [5.41, 5.74) is 0. The predicted molar refractivity (Wildman–Crippen MR) is 335 cm³/mol. The standard InChI is InChI=1S/C71H128O6/c1-4-7-10-13-16-19-22-25-27-29-30-31-32-33-34-35-36-37-38-39-40-42-43-46-49-52-55-58-61-64-70(73)76-67-68(66-75-69(72)63-60-57-54-51-48-45-24-21-18-15-12-9-6-3)77-71(74)65-62-59-56-53-50-47-44-41-28-26-23-20-17-14-11-8-5-2/h17,20,22,25-26,28-30,32-33,68H,4-16,18-19,21,23-24,27,31,34-67H2,1-3H3/b20-17-,25-22-,28-26-,30-29-,33-32-. The second kappa shape index (κ2) is 65.6. The Morgan fingerprint density at radius 3 is 0.753 bits per heavy atom. The average molecular weight is 1080 g/mol. The summed E-state index contributed by atoms with van der Waals surface area (Å²) in [5.74, 6) is -0.862. The molecule has 0 aliphatic heterocycles. The molecule has 0 aromatic rings. The van der Waals surface area contributed by atoms with E-state index >= 15 is 0 Å². The molecule has 0 N–H and O–H groups in total. The molecule has 77 heavy (non-hydrogen) atoms. The number of allylic oxidation sites excluding steroid dienone is 10. The highest BCUT2D eigenvalue weighted by molar-refractivity contribution is 5.71. The minimum Gasteiger partial charge on any atom is -0.462 e. The van der Waals surface area contributed by atoms with Crippen LogP contribution in [-0.2, 0) is 28.6 Å². The zero-order chi connectivity index (χ0) is 55.7. The van der Waals surface area contributed by atoms with Gasteiger partial charge >= 0.3 is 17.9 Å². The van der Waals surface area contributed by atoms with Crippen molar-refractivity contribution in [3.8, 4) is 0 Å². The van der Waals surface area contributed by atoms with Crippen LogP contribution in [0, 0.1) is 0 Å². The number of rotatable bonds is 62. The van der Waals surface area contributed by atoms with Gasteiger partial charge in [0.25, 0.3) is 0 Å². The second-order valence-corrected chi connectivity index (χ2v) is 22.7. The molecular weight excluding hydrogens is 949 g/mol. The van der Waals surface area contributed by atoms with Crippen LogP contribution >= 0.6 is 0 Å². The lowest BCUT2D eigenvalue weighted by molar-refractivity contribution is -0.167. The highest BCUT2D eigenvalue weighted by Crippen LogP contribution is 2.17. The van der Waals surface area contributed by atoms with Crippen molar-refractivity contribution in [2.24, 2.45) is 0 Å². The summed E-state index contributed by atoms with van der Waals surface area (Å²) < 4.78 is 16.9. The fourth-order valence-electron chi connectivity index (χ4n) is 9.89. The maximum Gasteiger partial charge on any atom is 0.306 e. The molecule has 0 bridgehead atoms. The summed E-state index contributed by atoms with van der Waals surface area (Å²) in [7, 11) is 0. The van der Waals surface area contributed by atoms with E-state index < -0.39 is 6.10 Å². The molecule has 0 radical (unpaired) electrons. The largest absolute Gasteiger partial charge is 0.462 e. The summed E-state index contributed by atoms with van der Waals surface area (Å²) >= 11 is 0. The van der Waals surface area contributed by atoms with Gasteiger partial charge in [-0.1, -0.05) is 306 Å². The number of hydrogen-bond acceptors (Lipinski definition) is 6. The third-order valence-electron chi connectivity index (χ3n) is 15.0. The Kier molecular flexibility index (Phi) is 63.2. The maximum atomic E-state index is 12.9. The van der Waals surface area contributed by atoms with Gasteiger partial charge in [-0.05, 0) is 89.9 Å². The van der Waals surface area contributed by atoms with E-state index in [1.165, 1.54) is 231 Å². The van der Waals surface area contributed by atoms with Crippen molar-refractivity contribution in [3.05, 3.63) is 60.8 Å². The Labute approximate surface area is 479 Å². The summed E-state index contributed by atoms with van der Waals surface area (Å²) in [6.45, 7) is 6.64. The first-order valence-corrected chi connectivity index (χ1v) is 33.8. The van der Waals surface area contributed by atoms with E-state index in [1.54, 1.807) is 0 Å². The van der Waals surface area contributed by atoms with Crippen molar-refractivity contribution >= 4 is 17.9 Å². The number of carbonyl (C=O) groups excluding carboxylic acids is 3. The molecule has 0 saturated carbocycles. The molecular formula is C71H128O6. The van der Waals surface area contributed by atoms with Crippen LogP contribution in [0.4, 0.5) is 0 Å². The van der Waals surface area contributed by atoms with Crippen molar-refractivity contribution in [2.45, 2.75) is 361 Å². The van der Waals surface area contributed by atoms with Crippen LogP contribution in [0.15, 0.2) is 60.8 Å². The monoisotopic (exact) mass is 1080 g/mol. The lowest BCUT2D eigenvalue weighted by Crippen LogP contribution is -2.30. The molecule has 0 saturated heterocycles. The van der Waals surface area contributed by atoms with E-state index in [0.717, 1.165) is 83.5 Å². The van der Waals surface area contributed by atoms with E-state index in [4.69, 9.17) is 14.2 Å². The minimum absolute atomic E-state index is 0.0734. The Balaban J connectivity index is 4.22. The molecule has 6 nitrogen and oxygen atoms in total. The van der Waals surface area contributed by atoms with Crippen LogP contribution in [-0.4, -0.2) is 37.2 Å². The van der Waals surface area contributed by atoms with Crippen molar-refractivity contribution in [1.82, 2.24) is 0 Å². The zero-order valence-electron chi connectivity index (χ0n) is 51.5. The Morgan fingerprint density at radius 1 is 0.260 bits per heavy atom. The number of esters is 3. The minimum atomic E-state index is -0.777. The molecule has 0 aliphatic rings. The van der Waals surface area contributed by atoms with Gasteiger partial charge < -0.3 is 14.2 Å². The number of ether oxygens (including phenoxy) is 3. The molecule has 1 unspecified atom stereocenters. The van der Waals surface area contributed by atoms with Crippen molar-refractivity contribution < 1.29 is 28.6 Å². The number of carbonyl (C=O) groups is 3. The van der Waals surface area contributed by atoms with Gasteiger partial charge in [-0.15, -0.1) is 0 Å². The third kappa shape index (κ3) is 63.8. The third-order valence-corrected chi connectivity index (χ3v) is 15.0. The first-order valence-electron chi connectivity index (χ1n) is 33.8. The molecule has 0 rings (SSSR count). The second-order valence-electron chi connectivity index (χ2n) is 22.7. The first kappa shape index (κ1) is 74.1. The number of unbranched alkanes of at least 4 members (excludes halogenated alkanes) is 41. The number of hydrogen-bond donors (Lipinski definition) is 0. The molecule has 0 heterocycles. The van der Waals surface area contributed by atoms with E-state index in [1.807, 2.05) is 0 Å². The van der Waals surface area contributed by atoms with Crippen LogP contribution in [0.5, 0.6) is 0 Å². The quantitative estimate of drug-likeness (QED) is 0.0261. The summed E-state index contributed by atoms with van der Waals surface area (Å²) in [5, 5.41) is 0. The zero-order valence-corrected chi connectivity index (χ0v) is 51.5. The molecule has 6 heteroatoms. The first-order chi connectivity index (χ1) is 38.0. The highest BCUT2D eigenvalue weighted by Gasteiger charge is 2.19. The topological polar surface area (TPSA) is 78.9 Å². The van der Waals surface area contributed by atoms with Crippen LogP contribution in [0.3, 0.4) is 0 Å². The molecule has 448 valence electrons. The van der Waals surface area contributed by atoms with Gasteiger partial charge in [0.1, 0.15) is 13.2 Å². The normalized spacial score (nSPS) is 12.4. The van der Waals surface area contributed by atoms with Gasteiger partial charge in [-0.25, -0.2) is 0 Å². The van der Waals surface area contributed by atoms with Crippen molar-refractivity contribution in [2.75, 3.05) is 13.2 Å². The smallest absolute Gasteiger partial charge is 0.306 e. The van der Waals surface area contributed by atoms with Crippen LogP contribution in [0.2, 0.25) is 0 Å². The van der Waals surface area contributed by atoms with Crippen LogP contribution < -0.4 is 0 Å². The van der Waals surface area contributed by atoms with Gasteiger partial charge in [-0.3, -0.25) is 14.4 Å². The molecule has 0 aromatic carbocycles. The van der Waals surface area contributed by atoms with Gasteiger partial charge in [0.2, 0.25) is 0 Å². The Hall–Kier alpha value is -2.89. The fourth-order valence-corrected chi connectivity index (χ4v) is 9.89. The summed E-state index contributed by atoms with van der Waals surface area (Å²) in [6.07, 6.45) is 83.8. The molecule has 0 aromatic heterocycles. The molecule has 0 fully saturated rings. The lowest BCUT2D eigenvalue weighted by atomic mass is 10.0. The van der Waals surface area contributed by atoms with Crippen molar-refractivity contribution in [3.63, 3.8) is 0 Å². The summed E-state index contributed by atoms with van der Waals surface area (Å²) in [6, 6.07) is 0. The van der Waals surface area contributed by atoms with E-state index in [9.17, 15) is 14.4 Å². The average Bonchev–Trinajstić information content (AvgIpc) is 3.43. The highest BCUT2D eigenvalue weighted by atomic mass is 16.6. The fraction of sp³-hybridized carbons (Fsp3) is 0.817. The molecule has 0 aliphatic carbocycles. The summed E-state index contributed by atoms with van der Waals surface area (Å²) in [4.78, 5) is 38.3. The van der Waals surface area contributed by atoms with E-state index in [-0.39, 0.29) is 31.1 Å². The van der Waals surface area contributed by atoms with Gasteiger partial charge in [0.15, 0.2) is 6.10 Å². The lowest BCUT2D eigenvalue weighted by Gasteiger charge is -2.18.